The maximum atomic E-state index is 13.5. The topological polar surface area (TPSA) is 101 Å². The highest BCUT2D eigenvalue weighted by atomic mass is 79.9. The summed E-state index contributed by atoms with van der Waals surface area (Å²) in [5.41, 5.74) is -3.22. The minimum Gasteiger partial charge on any atom is -0.460 e. The highest BCUT2D eigenvalue weighted by Gasteiger charge is 2.55. The van der Waals surface area contributed by atoms with Crippen LogP contribution in [0, 0.1) is 0 Å². The lowest BCUT2D eigenvalue weighted by Gasteiger charge is -2.45. The van der Waals surface area contributed by atoms with Crippen molar-refractivity contribution in [3.8, 4) is 0 Å². The van der Waals surface area contributed by atoms with Crippen LogP contribution in [-0.2, 0) is 33.3 Å². The van der Waals surface area contributed by atoms with Crippen molar-refractivity contribution in [2.75, 3.05) is 0 Å². The molecule has 0 aromatic heterocycles. The molecular weight excluding hydrogens is 580 g/mol. The lowest BCUT2D eigenvalue weighted by atomic mass is 9.84. The van der Waals surface area contributed by atoms with Crippen molar-refractivity contribution in [3.63, 3.8) is 0 Å². The second kappa shape index (κ2) is 11.5. The number of aliphatic hydroxyl groups is 1. The lowest BCUT2D eigenvalue weighted by molar-refractivity contribution is -0.236. The second-order valence-corrected chi connectivity index (χ2v) is 15.5. The first-order valence-corrected chi connectivity index (χ1v) is 16.1. The second-order valence-electron chi connectivity index (χ2n) is 14.4. The molecule has 0 unspecified atom stereocenters. The molecule has 9 heteroatoms. The molecule has 0 bridgehead atoms. The van der Waals surface area contributed by atoms with Gasteiger partial charge in [0.05, 0.1) is 46.3 Å². The Bertz CT molecular complexity index is 950. The molecule has 0 amide bonds. The maximum Gasteiger partial charge on any atom is 0.303 e. The zero-order valence-corrected chi connectivity index (χ0v) is 27.3. The number of esters is 1. The Labute approximate surface area is 248 Å². The van der Waals surface area contributed by atoms with Crippen LogP contribution >= 0.6 is 15.9 Å². The van der Waals surface area contributed by atoms with Crippen LogP contribution in [-0.4, -0.2) is 80.2 Å². The summed E-state index contributed by atoms with van der Waals surface area (Å²) in [5, 5.41) is 11.1. The van der Waals surface area contributed by atoms with E-state index >= 15 is 0 Å². The standard InChI is InChI=1S/C31H51BrO8/c1-19(33)36-23-14-17-31(8)26(39-28(23,4)5)15-18-30(7)25(40-31)12-10-21(37-30)20(34)9-11-24-29(6,35)16-13-22(32)27(2,3)38-24/h21-26,35H,9-18H2,1-8H3/t21-,22+,23+,24-,25+,26+,29-,30-,31-/m0/s1. The van der Waals surface area contributed by atoms with Crippen molar-refractivity contribution >= 4 is 27.7 Å². The van der Waals surface area contributed by atoms with Crippen molar-refractivity contribution in [1.82, 2.24) is 0 Å². The smallest absolute Gasteiger partial charge is 0.303 e. The van der Waals surface area contributed by atoms with E-state index in [0.29, 0.717) is 44.9 Å². The summed E-state index contributed by atoms with van der Waals surface area (Å²) in [6.45, 7) is 15.4. The van der Waals surface area contributed by atoms with E-state index in [1.165, 1.54) is 6.92 Å². The van der Waals surface area contributed by atoms with Gasteiger partial charge in [-0.25, -0.2) is 0 Å². The molecule has 8 nitrogen and oxygen atoms in total. The summed E-state index contributed by atoms with van der Waals surface area (Å²) in [4.78, 5) is 25.3. The van der Waals surface area contributed by atoms with Gasteiger partial charge in [-0.1, -0.05) is 15.9 Å². The van der Waals surface area contributed by atoms with Crippen molar-refractivity contribution in [3.05, 3.63) is 0 Å². The van der Waals surface area contributed by atoms with Gasteiger partial charge in [-0.15, -0.1) is 0 Å². The predicted octanol–water partition coefficient (Wildman–Crippen LogP) is 5.57. The quantitative estimate of drug-likeness (QED) is 0.311. The molecule has 0 aliphatic carbocycles. The van der Waals surface area contributed by atoms with E-state index in [-0.39, 0.29) is 34.9 Å². The molecule has 0 spiro atoms. The first kappa shape index (κ1) is 32.3. The molecule has 40 heavy (non-hydrogen) atoms. The molecule has 4 rings (SSSR count). The number of rotatable bonds is 5. The zero-order valence-electron chi connectivity index (χ0n) is 25.7. The molecule has 4 aliphatic rings. The van der Waals surface area contributed by atoms with Gasteiger partial charge < -0.3 is 28.8 Å². The number of alkyl halides is 1. The van der Waals surface area contributed by atoms with Gasteiger partial charge in [0.25, 0.3) is 0 Å². The molecule has 4 aliphatic heterocycles. The molecule has 9 atom stereocenters. The Morgan fingerprint density at radius 3 is 2.10 bits per heavy atom. The molecule has 0 radical (unpaired) electrons. The Morgan fingerprint density at radius 1 is 0.800 bits per heavy atom. The van der Waals surface area contributed by atoms with E-state index < -0.39 is 40.2 Å². The number of ketones is 1. The number of hydrogen-bond donors (Lipinski definition) is 1. The first-order chi connectivity index (χ1) is 18.4. The number of carbonyl (C=O) groups is 2. The van der Waals surface area contributed by atoms with Crippen molar-refractivity contribution in [2.24, 2.45) is 0 Å². The molecule has 4 heterocycles. The fourth-order valence-corrected chi connectivity index (χ4v) is 7.47. The van der Waals surface area contributed by atoms with Crippen LogP contribution in [0.3, 0.4) is 0 Å². The molecule has 4 fully saturated rings. The summed E-state index contributed by atoms with van der Waals surface area (Å²) in [6, 6.07) is 0. The largest absolute Gasteiger partial charge is 0.460 e. The summed E-state index contributed by atoms with van der Waals surface area (Å²) < 4.78 is 32.0. The number of Topliss-reactive ketones (excluding diaryl/α,β-unsaturated/α-hetero) is 1. The van der Waals surface area contributed by atoms with Gasteiger partial charge in [0.1, 0.15) is 12.2 Å². The van der Waals surface area contributed by atoms with Gasteiger partial charge in [0, 0.05) is 18.2 Å². The Morgan fingerprint density at radius 2 is 1.43 bits per heavy atom. The number of halogens is 1. The summed E-state index contributed by atoms with van der Waals surface area (Å²) in [6.07, 6.45) is 4.69. The number of ether oxygens (including phenoxy) is 5. The molecular formula is C31H51BrO8. The highest BCUT2D eigenvalue weighted by molar-refractivity contribution is 9.09. The molecule has 230 valence electrons. The van der Waals surface area contributed by atoms with E-state index in [9.17, 15) is 14.7 Å². The van der Waals surface area contributed by atoms with Crippen LogP contribution in [0.25, 0.3) is 0 Å². The third-order valence-corrected chi connectivity index (χ3v) is 11.6. The zero-order chi connectivity index (χ0) is 29.7. The Kier molecular flexibility index (Phi) is 9.29. The average molecular weight is 632 g/mol. The molecule has 0 aromatic rings. The number of carbonyl (C=O) groups excluding carboxylic acids is 2. The van der Waals surface area contributed by atoms with Crippen LogP contribution in [0.4, 0.5) is 0 Å². The fraction of sp³-hybridized carbons (Fsp3) is 0.935. The Balaban J connectivity index is 1.41. The van der Waals surface area contributed by atoms with Crippen LogP contribution < -0.4 is 0 Å². The summed E-state index contributed by atoms with van der Waals surface area (Å²) in [7, 11) is 0. The summed E-state index contributed by atoms with van der Waals surface area (Å²) in [5.74, 6) is -0.244. The third kappa shape index (κ3) is 6.80. The first-order valence-electron chi connectivity index (χ1n) is 15.1. The van der Waals surface area contributed by atoms with Crippen LogP contribution in [0.5, 0.6) is 0 Å². The fourth-order valence-electron chi connectivity index (χ4n) is 7.13. The van der Waals surface area contributed by atoms with E-state index in [2.05, 4.69) is 29.8 Å². The van der Waals surface area contributed by atoms with Crippen molar-refractivity contribution in [2.45, 2.75) is 183 Å². The van der Waals surface area contributed by atoms with Gasteiger partial charge in [-0.05, 0) is 106 Å². The Hall–Kier alpha value is -0.580. The molecule has 1 N–H and O–H groups in total. The van der Waals surface area contributed by atoms with Crippen molar-refractivity contribution < 1.29 is 38.4 Å². The van der Waals surface area contributed by atoms with Gasteiger partial charge >= 0.3 is 5.97 Å². The van der Waals surface area contributed by atoms with Crippen molar-refractivity contribution in [1.29, 1.82) is 0 Å². The van der Waals surface area contributed by atoms with Gasteiger partial charge in [0.15, 0.2) is 5.78 Å². The summed E-state index contributed by atoms with van der Waals surface area (Å²) >= 11 is 3.71. The van der Waals surface area contributed by atoms with E-state index in [1.807, 2.05) is 34.6 Å². The maximum absolute atomic E-state index is 13.5. The van der Waals surface area contributed by atoms with Gasteiger partial charge in [0.2, 0.25) is 0 Å². The number of hydrogen-bond acceptors (Lipinski definition) is 8. The highest BCUT2D eigenvalue weighted by Crippen LogP contribution is 2.47. The van der Waals surface area contributed by atoms with Gasteiger partial charge in [-0.3, -0.25) is 9.59 Å². The van der Waals surface area contributed by atoms with E-state index in [4.69, 9.17) is 23.7 Å². The molecule has 0 saturated carbocycles. The average Bonchev–Trinajstić information content (AvgIpc) is 3.05. The third-order valence-electron chi connectivity index (χ3n) is 10.0. The van der Waals surface area contributed by atoms with Crippen LogP contribution in [0.1, 0.15) is 120 Å². The van der Waals surface area contributed by atoms with E-state index in [1.54, 1.807) is 0 Å². The molecule has 0 aromatic carbocycles. The molecule has 4 saturated heterocycles. The van der Waals surface area contributed by atoms with Crippen LogP contribution in [0.2, 0.25) is 0 Å². The number of fused-ring (bicyclic) bond motifs is 2. The van der Waals surface area contributed by atoms with Crippen LogP contribution in [0.15, 0.2) is 0 Å². The SMILES string of the molecule is CC(=O)O[C@@H]1CC[C@]2(C)O[C@@H]3CC[C@@H](C(=O)CC[C@@H]4OC(C)(C)[C@H](Br)CC[C@]4(C)O)O[C@@]3(C)CC[C@H]2OC1(C)C. The normalized spacial score (nSPS) is 45.1. The van der Waals surface area contributed by atoms with E-state index in [0.717, 1.165) is 19.3 Å². The predicted molar refractivity (Wildman–Crippen MR) is 155 cm³/mol. The minimum atomic E-state index is -0.994. The monoisotopic (exact) mass is 630 g/mol. The van der Waals surface area contributed by atoms with Gasteiger partial charge in [-0.2, -0.15) is 0 Å². The minimum absolute atomic E-state index is 0.0582. The lowest BCUT2D eigenvalue weighted by Crippen LogP contribution is -2.54.